The van der Waals surface area contributed by atoms with Crippen LogP contribution in [0.4, 0.5) is 17.6 Å². The third-order valence-corrected chi connectivity index (χ3v) is 2.28. The van der Waals surface area contributed by atoms with Gasteiger partial charge in [0.2, 0.25) is 5.88 Å². The van der Waals surface area contributed by atoms with Crippen LogP contribution < -0.4 is 4.74 Å². The maximum absolute atomic E-state index is 13.4. The summed E-state index contributed by atoms with van der Waals surface area (Å²) in [6.07, 6.45) is -4.64. The van der Waals surface area contributed by atoms with E-state index in [-0.39, 0.29) is 16.7 Å². The van der Waals surface area contributed by atoms with Crippen molar-refractivity contribution in [3.8, 4) is 11.6 Å². The molecule has 2 aromatic rings. The van der Waals surface area contributed by atoms with Crippen molar-refractivity contribution in [1.29, 1.82) is 0 Å². The van der Waals surface area contributed by atoms with Crippen LogP contribution in [0.1, 0.15) is 5.69 Å². The Hall–Kier alpha value is -1.82. The molecular formula is C12H5ClF4NO. The lowest BCUT2D eigenvalue weighted by atomic mass is 10.3. The van der Waals surface area contributed by atoms with Gasteiger partial charge in [0.25, 0.3) is 0 Å². The summed E-state index contributed by atoms with van der Waals surface area (Å²) in [6.45, 7) is 0. The summed E-state index contributed by atoms with van der Waals surface area (Å²) in [7, 11) is 0. The van der Waals surface area contributed by atoms with Crippen LogP contribution in [0.25, 0.3) is 0 Å². The van der Waals surface area contributed by atoms with Gasteiger partial charge in [-0.2, -0.15) is 13.2 Å². The number of hydrogen-bond acceptors (Lipinski definition) is 2. The molecule has 0 amide bonds. The van der Waals surface area contributed by atoms with Gasteiger partial charge in [-0.05, 0) is 24.3 Å². The van der Waals surface area contributed by atoms with Crippen LogP contribution in [0, 0.1) is 11.9 Å². The van der Waals surface area contributed by atoms with Crippen molar-refractivity contribution in [3.05, 3.63) is 52.9 Å². The molecule has 0 unspecified atom stereocenters. The zero-order chi connectivity index (χ0) is 14.0. The maximum Gasteiger partial charge on any atom is 0.434 e. The lowest BCUT2D eigenvalue weighted by Crippen LogP contribution is -2.08. The van der Waals surface area contributed by atoms with E-state index in [0.717, 1.165) is 18.2 Å². The summed E-state index contributed by atoms with van der Waals surface area (Å²) in [6, 6.07) is 7.60. The van der Waals surface area contributed by atoms with Crippen molar-refractivity contribution in [2.24, 2.45) is 0 Å². The summed E-state index contributed by atoms with van der Waals surface area (Å²) in [5, 5.41) is 0.148. The molecule has 0 bridgehead atoms. The molecule has 19 heavy (non-hydrogen) atoms. The molecule has 0 aliphatic carbocycles. The highest BCUT2D eigenvalue weighted by molar-refractivity contribution is 6.30. The van der Waals surface area contributed by atoms with Crippen LogP contribution in [-0.4, -0.2) is 4.98 Å². The molecule has 0 spiro atoms. The zero-order valence-corrected chi connectivity index (χ0v) is 9.89. The Kier molecular flexibility index (Phi) is 3.61. The molecule has 1 aromatic carbocycles. The van der Waals surface area contributed by atoms with Gasteiger partial charge in [-0.3, -0.25) is 0 Å². The second-order valence-electron chi connectivity index (χ2n) is 3.45. The first-order valence-electron chi connectivity index (χ1n) is 4.95. The summed E-state index contributed by atoms with van der Waals surface area (Å²) in [5.74, 6) is -1.45. The van der Waals surface area contributed by atoms with E-state index in [1.165, 1.54) is 12.1 Å². The molecule has 0 fully saturated rings. The number of benzene rings is 1. The highest BCUT2D eigenvalue weighted by Gasteiger charge is 2.33. The first kappa shape index (κ1) is 13.6. The molecule has 0 aliphatic rings. The van der Waals surface area contributed by atoms with Crippen molar-refractivity contribution in [2.45, 2.75) is 6.18 Å². The van der Waals surface area contributed by atoms with E-state index in [4.69, 9.17) is 16.3 Å². The van der Waals surface area contributed by atoms with E-state index >= 15 is 0 Å². The van der Waals surface area contributed by atoms with Crippen molar-refractivity contribution in [2.75, 3.05) is 0 Å². The Labute approximate surface area is 110 Å². The normalized spacial score (nSPS) is 11.4. The Bertz CT molecular complexity index is 601. The van der Waals surface area contributed by atoms with E-state index in [1.54, 1.807) is 0 Å². The average Bonchev–Trinajstić information content (AvgIpc) is 2.32. The summed E-state index contributed by atoms with van der Waals surface area (Å²) >= 11 is 5.54. The summed E-state index contributed by atoms with van der Waals surface area (Å²) in [4.78, 5) is 3.20. The van der Waals surface area contributed by atoms with Gasteiger partial charge in [0.15, 0.2) is 17.3 Å². The summed E-state index contributed by atoms with van der Waals surface area (Å²) in [5.41, 5.74) is -1.24. The molecule has 7 heteroatoms. The first-order chi connectivity index (χ1) is 8.86. The largest absolute Gasteiger partial charge is 0.436 e. The van der Waals surface area contributed by atoms with E-state index in [0.29, 0.717) is 0 Å². The Balaban J connectivity index is 2.29. The van der Waals surface area contributed by atoms with Gasteiger partial charge in [0.05, 0.1) is 0 Å². The van der Waals surface area contributed by atoms with Crippen molar-refractivity contribution < 1.29 is 22.3 Å². The number of ether oxygens (including phenoxy) is 1. The molecular weight excluding hydrogens is 286 g/mol. The highest BCUT2D eigenvalue weighted by Crippen LogP contribution is 2.30. The Morgan fingerprint density at radius 2 is 1.95 bits per heavy atom. The fourth-order valence-electron chi connectivity index (χ4n) is 1.24. The second kappa shape index (κ2) is 5.05. The molecule has 0 saturated carbocycles. The third-order valence-electron chi connectivity index (χ3n) is 2.04. The van der Waals surface area contributed by atoms with E-state index in [9.17, 15) is 17.6 Å². The van der Waals surface area contributed by atoms with Gasteiger partial charge in [0.1, 0.15) is 0 Å². The molecule has 1 heterocycles. The van der Waals surface area contributed by atoms with Crippen molar-refractivity contribution in [3.63, 3.8) is 0 Å². The topological polar surface area (TPSA) is 22.1 Å². The van der Waals surface area contributed by atoms with Gasteiger partial charge in [-0.1, -0.05) is 11.6 Å². The van der Waals surface area contributed by atoms with E-state index in [1.807, 2.05) is 6.07 Å². The minimum atomic E-state index is -4.64. The van der Waals surface area contributed by atoms with Gasteiger partial charge in [-0.25, -0.2) is 9.37 Å². The monoisotopic (exact) mass is 290 g/mol. The fourth-order valence-corrected chi connectivity index (χ4v) is 1.40. The number of alkyl halides is 3. The van der Waals surface area contributed by atoms with Crippen LogP contribution in [0.15, 0.2) is 30.3 Å². The molecule has 1 aromatic heterocycles. The molecule has 0 atom stereocenters. The molecule has 1 radical (unpaired) electrons. The van der Waals surface area contributed by atoms with Crippen LogP contribution in [0.3, 0.4) is 0 Å². The minimum Gasteiger partial charge on any atom is -0.436 e. The molecule has 2 nitrogen and oxygen atoms in total. The minimum absolute atomic E-state index is 0.148. The van der Waals surface area contributed by atoms with Gasteiger partial charge >= 0.3 is 6.18 Å². The van der Waals surface area contributed by atoms with Crippen LogP contribution >= 0.6 is 11.6 Å². The highest BCUT2D eigenvalue weighted by atomic mass is 35.5. The maximum atomic E-state index is 13.4. The Morgan fingerprint density at radius 3 is 2.58 bits per heavy atom. The van der Waals surface area contributed by atoms with Gasteiger partial charge in [-0.15, -0.1) is 0 Å². The first-order valence-corrected chi connectivity index (χ1v) is 5.33. The predicted molar refractivity (Wildman–Crippen MR) is 59.6 cm³/mol. The number of rotatable bonds is 2. The molecule has 0 N–H and O–H groups in total. The number of hydrogen-bond donors (Lipinski definition) is 0. The Morgan fingerprint density at radius 1 is 1.21 bits per heavy atom. The van der Waals surface area contributed by atoms with Crippen molar-refractivity contribution in [1.82, 2.24) is 4.98 Å². The number of nitrogens with zero attached hydrogens (tertiary/aromatic N) is 1. The van der Waals surface area contributed by atoms with Crippen LogP contribution in [0.2, 0.25) is 5.02 Å². The standard InChI is InChI=1S/C12H5ClF4NO/c13-7-4-5-9(8(14)6-7)19-11-3-1-2-10(18-11)12(15,16)17/h1,3-6H. The second-order valence-corrected chi connectivity index (χ2v) is 3.89. The van der Waals surface area contributed by atoms with Crippen molar-refractivity contribution >= 4 is 11.6 Å². The van der Waals surface area contributed by atoms with Gasteiger partial charge < -0.3 is 4.74 Å². The van der Waals surface area contributed by atoms with Gasteiger partial charge in [0, 0.05) is 17.2 Å². The lowest BCUT2D eigenvalue weighted by molar-refractivity contribution is -0.141. The van der Waals surface area contributed by atoms with Crippen LogP contribution in [-0.2, 0) is 6.18 Å². The quantitative estimate of drug-likeness (QED) is 0.761. The molecule has 0 saturated heterocycles. The molecule has 0 aliphatic heterocycles. The van der Waals surface area contributed by atoms with E-state index in [2.05, 4.69) is 4.98 Å². The third kappa shape index (κ3) is 3.35. The number of halogens is 5. The zero-order valence-electron chi connectivity index (χ0n) is 9.13. The molecule has 2 rings (SSSR count). The predicted octanol–water partition coefficient (Wildman–Crippen LogP) is 4.49. The smallest absolute Gasteiger partial charge is 0.434 e. The number of aromatic nitrogens is 1. The average molecular weight is 291 g/mol. The SMILES string of the molecule is Fc1cc(Cl)ccc1Oc1cc[c]c(C(F)(F)F)n1. The summed E-state index contributed by atoms with van der Waals surface area (Å²) < 4.78 is 55.5. The number of pyridine rings is 1. The van der Waals surface area contributed by atoms with Crippen LogP contribution in [0.5, 0.6) is 11.6 Å². The fraction of sp³-hybridized carbons (Fsp3) is 0.0833. The van der Waals surface area contributed by atoms with E-state index < -0.39 is 17.7 Å². The lowest BCUT2D eigenvalue weighted by Gasteiger charge is -2.09. The molecule has 99 valence electrons.